The van der Waals surface area contributed by atoms with Gasteiger partial charge in [0.05, 0.1) is 0 Å². The van der Waals surface area contributed by atoms with Gasteiger partial charge in [0, 0.05) is 30.5 Å². The van der Waals surface area contributed by atoms with Crippen LogP contribution in [0.4, 0.5) is 4.39 Å². The maximum atomic E-state index is 14.4. The first-order valence-corrected chi connectivity index (χ1v) is 9.69. The lowest BCUT2D eigenvalue weighted by Crippen LogP contribution is -2.42. The number of hydrogen-bond acceptors (Lipinski definition) is 2. The van der Waals surface area contributed by atoms with Crippen LogP contribution in [0.15, 0.2) is 36.4 Å². The third kappa shape index (κ3) is 4.62. The van der Waals surface area contributed by atoms with Gasteiger partial charge >= 0.3 is 5.66 Å². The van der Waals surface area contributed by atoms with Crippen LogP contribution in [0.25, 0.3) is 16.0 Å². The van der Waals surface area contributed by atoms with Crippen molar-refractivity contribution in [3.05, 3.63) is 70.3 Å². The highest BCUT2D eigenvalue weighted by atomic mass is 19.1. The van der Waals surface area contributed by atoms with Gasteiger partial charge in [-0.25, -0.2) is 11.0 Å². The minimum Gasteiger partial charge on any atom is -0.349 e. The zero-order valence-corrected chi connectivity index (χ0v) is 16.8. The maximum Gasteiger partial charge on any atom is 0.304 e. The number of rotatable bonds is 6. The van der Waals surface area contributed by atoms with Crippen molar-refractivity contribution in [3.63, 3.8) is 0 Å². The first-order chi connectivity index (χ1) is 13.8. The lowest BCUT2D eigenvalue weighted by Gasteiger charge is -2.17. The Kier molecular flexibility index (Phi) is 5.69. The molecule has 1 aliphatic rings. The van der Waals surface area contributed by atoms with E-state index < -0.39 is 11.5 Å². The SMILES string of the molecule is [C-]#[N+]C(C)(CC)NC(=O)c1ccc(-c2cc(C(=O)NC3CC3)cc(F)c2C)cc1. The molecule has 2 aromatic carbocycles. The third-order valence-corrected chi connectivity index (χ3v) is 5.30. The van der Waals surface area contributed by atoms with Crippen molar-refractivity contribution < 1.29 is 14.0 Å². The van der Waals surface area contributed by atoms with Crippen molar-refractivity contribution in [1.29, 1.82) is 0 Å². The Morgan fingerprint density at radius 3 is 2.38 bits per heavy atom. The Morgan fingerprint density at radius 1 is 1.17 bits per heavy atom. The second-order valence-corrected chi connectivity index (χ2v) is 7.65. The van der Waals surface area contributed by atoms with E-state index in [-0.39, 0.29) is 23.4 Å². The molecule has 0 aliphatic heterocycles. The summed E-state index contributed by atoms with van der Waals surface area (Å²) in [4.78, 5) is 28.2. The Hall–Kier alpha value is -3.20. The number of benzene rings is 2. The normalized spacial score (nSPS) is 15.1. The molecule has 0 aromatic heterocycles. The van der Waals surface area contributed by atoms with Gasteiger partial charge < -0.3 is 5.32 Å². The molecule has 0 radical (unpaired) electrons. The van der Waals surface area contributed by atoms with E-state index in [0.717, 1.165) is 12.8 Å². The fourth-order valence-corrected chi connectivity index (χ4v) is 2.92. The minimum atomic E-state index is -0.946. The van der Waals surface area contributed by atoms with Gasteiger partial charge in [0.25, 0.3) is 11.8 Å². The predicted molar refractivity (Wildman–Crippen MR) is 110 cm³/mol. The van der Waals surface area contributed by atoms with Crippen LogP contribution in [0.2, 0.25) is 0 Å². The summed E-state index contributed by atoms with van der Waals surface area (Å²) in [6.07, 6.45) is 2.41. The molecule has 0 bridgehead atoms. The third-order valence-electron chi connectivity index (χ3n) is 5.30. The van der Waals surface area contributed by atoms with Crippen molar-refractivity contribution in [3.8, 4) is 11.1 Å². The Labute approximate surface area is 170 Å². The van der Waals surface area contributed by atoms with E-state index in [1.165, 1.54) is 6.07 Å². The van der Waals surface area contributed by atoms with Gasteiger partial charge in [0.15, 0.2) is 0 Å². The molecule has 150 valence electrons. The summed E-state index contributed by atoms with van der Waals surface area (Å²) < 4.78 is 14.4. The number of nitrogens with one attached hydrogen (secondary N) is 2. The van der Waals surface area contributed by atoms with Crippen LogP contribution in [0.1, 0.15) is 59.4 Å². The highest BCUT2D eigenvalue weighted by Gasteiger charge is 2.30. The number of halogens is 1. The molecule has 0 saturated heterocycles. The average molecular weight is 393 g/mol. The van der Waals surface area contributed by atoms with Gasteiger partial charge in [0.2, 0.25) is 0 Å². The fourth-order valence-electron chi connectivity index (χ4n) is 2.92. The fraction of sp³-hybridized carbons (Fsp3) is 0.348. The second-order valence-electron chi connectivity index (χ2n) is 7.65. The van der Waals surface area contributed by atoms with Gasteiger partial charge in [-0.05, 0) is 60.7 Å². The van der Waals surface area contributed by atoms with Crippen LogP contribution < -0.4 is 10.6 Å². The maximum absolute atomic E-state index is 14.4. The monoisotopic (exact) mass is 393 g/mol. The van der Waals surface area contributed by atoms with Crippen LogP contribution >= 0.6 is 0 Å². The molecule has 1 unspecified atom stereocenters. The number of carbonyl (C=O) groups is 2. The zero-order valence-electron chi connectivity index (χ0n) is 16.8. The molecule has 0 spiro atoms. The molecule has 1 fully saturated rings. The molecule has 1 atom stereocenters. The van der Waals surface area contributed by atoms with Crippen molar-refractivity contribution >= 4 is 11.8 Å². The Bertz CT molecular complexity index is 990. The topological polar surface area (TPSA) is 62.6 Å². The molecule has 2 N–H and O–H groups in total. The molecule has 29 heavy (non-hydrogen) atoms. The quantitative estimate of drug-likeness (QED) is 0.712. The number of amides is 2. The first kappa shape index (κ1) is 20.5. The molecular formula is C23H24FN3O2. The number of nitrogens with zero attached hydrogens (tertiary/aromatic N) is 1. The van der Waals surface area contributed by atoms with Gasteiger partial charge in [0.1, 0.15) is 5.82 Å². The second kappa shape index (κ2) is 8.04. The molecule has 5 nitrogen and oxygen atoms in total. The van der Waals surface area contributed by atoms with Crippen LogP contribution in [0.3, 0.4) is 0 Å². The lowest BCUT2D eigenvalue weighted by molar-refractivity contribution is 0.0918. The van der Waals surface area contributed by atoms with Crippen LogP contribution in [-0.2, 0) is 0 Å². The van der Waals surface area contributed by atoms with E-state index in [4.69, 9.17) is 6.57 Å². The predicted octanol–water partition coefficient (Wildman–Crippen LogP) is 4.47. The van der Waals surface area contributed by atoms with E-state index in [1.54, 1.807) is 44.2 Å². The van der Waals surface area contributed by atoms with E-state index in [2.05, 4.69) is 15.5 Å². The summed E-state index contributed by atoms with van der Waals surface area (Å²) in [6.45, 7) is 12.4. The minimum absolute atomic E-state index is 0.192. The largest absolute Gasteiger partial charge is 0.349 e. The van der Waals surface area contributed by atoms with E-state index >= 15 is 0 Å². The summed E-state index contributed by atoms with van der Waals surface area (Å²) >= 11 is 0. The van der Waals surface area contributed by atoms with Crippen LogP contribution in [0.5, 0.6) is 0 Å². The van der Waals surface area contributed by atoms with Crippen LogP contribution in [0, 0.1) is 19.3 Å². The summed E-state index contributed by atoms with van der Waals surface area (Å²) in [6, 6.07) is 9.85. The Morgan fingerprint density at radius 2 is 1.83 bits per heavy atom. The number of hydrogen-bond donors (Lipinski definition) is 2. The van der Waals surface area contributed by atoms with Crippen LogP contribution in [-0.4, -0.2) is 23.5 Å². The summed E-state index contributed by atoms with van der Waals surface area (Å²) in [5.41, 5.74) is 1.51. The molecule has 1 aliphatic carbocycles. The summed E-state index contributed by atoms with van der Waals surface area (Å²) in [5, 5.41) is 5.60. The van der Waals surface area contributed by atoms with Crippen molar-refractivity contribution in [2.45, 2.75) is 51.7 Å². The molecule has 2 aromatic rings. The summed E-state index contributed by atoms with van der Waals surface area (Å²) in [7, 11) is 0. The standard InChI is InChI=1S/C23H24FN3O2/c1-5-23(3,25-4)27-22(29)16-8-6-15(7-9-16)19-12-17(13-20(24)14(19)2)21(28)26-18-10-11-18/h6-9,12-13,18H,5,10-11H2,1-3H3,(H,26,28)(H,27,29). The Balaban J connectivity index is 1.85. The summed E-state index contributed by atoms with van der Waals surface area (Å²) in [5.74, 6) is -1.06. The molecule has 6 heteroatoms. The number of carbonyl (C=O) groups excluding carboxylic acids is 2. The van der Waals surface area contributed by atoms with Gasteiger partial charge in [-0.15, -0.1) is 0 Å². The van der Waals surface area contributed by atoms with E-state index in [0.29, 0.717) is 28.7 Å². The first-order valence-electron chi connectivity index (χ1n) is 9.69. The van der Waals surface area contributed by atoms with Gasteiger partial charge in [-0.1, -0.05) is 19.1 Å². The molecule has 2 amide bonds. The van der Waals surface area contributed by atoms with Crippen molar-refractivity contribution in [2.75, 3.05) is 0 Å². The van der Waals surface area contributed by atoms with Gasteiger partial charge in [-0.3, -0.25) is 19.8 Å². The average Bonchev–Trinajstić information content (AvgIpc) is 3.53. The lowest BCUT2D eigenvalue weighted by atomic mass is 9.96. The van der Waals surface area contributed by atoms with Crippen molar-refractivity contribution in [2.24, 2.45) is 0 Å². The highest BCUT2D eigenvalue weighted by Crippen LogP contribution is 2.28. The molecule has 0 heterocycles. The van der Waals surface area contributed by atoms with Gasteiger partial charge in [-0.2, -0.15) is 0 Å². The van der Waals surface area contributed by atoms with Crippen molar-refractivity contribution in [1.82, 2.24) is 10.6 Å². The molecule has 3 rings (SSSR count). The molecular weight excluding hydrogens is 369 g/mol. The van der Waals surface area contributed by atoms with E-state index in [9.17, 15) is 14.0 Å². The highest BCUT2D eigenvalue weighted by molar-refractivity contribution is 5.97. The molecule has 1 saturated carbocycles. The zero-order chi connectivity index (χ0) is 21.2. The smallest absolute Gasteiger partial charge is 0.304 e. The van der Waals surface area contributed by atoms with E-state index in [1.807, 2.05) is 6.92 Å².